The normalized spacial score (nSPS) is 11.6. The number of rotatable bonds is 5. The first-order valence-corrected chi connectivity index (χ1v) is 5.41. The smallest absolute Gasteiger partial charge is 0.350 e. The number of anilines is 1. The fourth-order valence-corrected chi connectivity index (χ4v) is 1.26. The molecule has 0 spiro atoms. The van der Waals surface area contributed by atoms with Gasteiger partial charge in [-0.25, -0.2) is 9.78 Å². The SMILES string of the molecule is CC(C)(O/N=C\C(=O)c1csc(N)n1)C(=O)O. The van der Waals surface area contributed by atoms with Gasteiger partial charge in [0.05, 0.1) is 0 Å². The number of ketones is 1. The zero-order valence-corrected chi connectivity index (χ0v) is 10.0. The van der Waals surface area contributed by atoms with E-state index < -0.39 is 17.4 Å². The van der Waals surface area contributed by atoms with Gasteiger partial charge in [0.2, 0.25) is 11.4 Å². The highest BCUT2D eigenvalue weighted by Crippen LogP contribution is 2.12. The number of carboxylic acid groups (broad SMARTS) is 1. The number of hydrogen-bond acceptors (Lipinski definition) is 7. The van der Waals surface area contributed by atoms with Crippen LogP contribution in [0.1, 0.15) is 24.3 Å². The number of carboxylic acids is 1. The van der Waals surface area contributed by atoms with Crippen molar-refractivity contribution in [3.63, 3.8) is 0 Å². The summed E-state index contributed by atoms with van der Waals surface area (Å²) in [7, 11) is 0. The van der Waals surface area contributed by atoms with Gasteiger partial charge in [0, 0.05) is 5.38 Å². The van der Waals surface area contributed by atoms with Crippen LogP contribution in [0, 0.1) is 0 Å². The highest BCUT2D eigenvalue weighted by atomic mass is 32.1. The van der Waals surface area contributed by atoms with Crippen LogP contribution >= 0.6 is 11.3 Å². The molecule has 3 N–H and O–H groups in total. The van der Waals surface area contributed by atoms with Gasteiger partial charge in [-0.05, 0) is 13.8 Å². The summed E-state index contributed by atoms with van der Waals surface area (Å²) < 4.78 is 0. The van der Waals surface area contributed by atoms with E-state index in [1.807, 2.05) is 0 Å². The van der Waals surface area contributed by atoms with Gasteiger partial charge in [0.15, 0.2) is 5.13 Å². The van der Waals surface area contributed by atoms with Crippen molar-refractivity contribution in [3.05, 3.63) is 11.1 Å². The summed E-state index contributed by atoms with van der Waals surface area (Å²) in [6.07, 6.45) is 0.860. The van der Waals surface area contributed by atoms with Gasteiger partial charge in [0.25, 0.3) is 0 Å². The number of oxime groups is 1. The summed E-state index contributed by atoms with van der Waals surface area (Å²) in [5.41, 5.74) is 4.01. The number of nitrogen functional groups attached to an aromatic ring is 1. The molecule has 1 rings (SSSR count). The third kappa shape index (κ3) is 3.52. The van der Waals surface area contributed by atoms with Crippen LogP contribution in [0.25, 0.3) is 0 Å². The molecule has 0 fully saturated rings. The van der Waals surface area contributed by atoms with Crippen LogP contribution in [-0.4, -0.2) is 33.7 Å². The Bertz CT molecular complexity index is 467. The lowest BCUT2D eigenvalue weighted by Crippen LogP contribution is -2.33. The molecule has 8 heteroatoms. The van der Waals surface area contributed by atoms with E-state index in [0.717, 1.165) is 17.6 Å². The number of thiazole rings is 1. The molecule has 7 nitrogen and oxygen atoms in total. The monoisotopic (exact) mass is 257 g/mol. The molecule has 0 aromatic carbocycles. The van der Waals surface area contributed by atoms with Crippen LogP contribution in [0.15, 0.2) is 10.5 Å². The van der Waals surface area contributed by atoms with Crippen molar-refractivity contribution in [2.45, 2.75) is 19.4 Å². The molecule has 92 valence electrons. The van der Waals surface area contributed by atoms with E-state index in [4.69, 9.17) is 10.8 Å². The summed E-state index contributed by atoms with van der Waals surface area (Å²) in [6.45, 7) is 2.63. The molecule has 0 amide bonds. The topological polar surface area (TPSA) is 115 Å². The molecular weight excluding hydrogens is 246 g/mol. The number of Topliss-reactive ketones (excluding diaryl/α,β-unsaturated/α-hetero) is 1. The molecule has 1 aromatic heterocycles. The predicted molar refractivity (Wildman–Crippen MR) is 62.1 cm³/mol. The standard InChI is InChI=1S/C9H11N3O4S/c1-9(2,7(14)15)16-11-3-6(13)5-4-17-8(10)12-5/h3-4H,1-2H3,(H2,10,12)(H,14,15)/b11-3-. The predicted octanol–water partition coefficient (Wildman–Crippen LogP) is 0.774. The Morgan fingerprint density at radius 3 is 2.76 bits per heavy atom. The van der Waals surface area contributed by atoms with E-state index in [0.29, 0.717) is 0 Å². The van der Waals surface area contributed by atoms with Crippen molar-refractivity contribution >= 4 is 34.4 Å². The molecule has 0 saturated heterocycles. The Morgan fingerprint density at radius 1 is 1.65 bits per heavy atom. The van der Waals surface area contributed by atoms with Crippen LogP contribution in [0.2, 0.25) is 0 Å². The number of carbonyl (C=O) groups is 2. The maximum Gasteiger partial charge on any atom is 0.350 e. The van der Waals surface area contributed by atoms with E-state index in [1.165, 1.54) is 19.2 Å². The quantitative estimate of drug-likeness (QED) is 0.457. The zero-order valence-electron chi connectivity index (χ0n) is 9.21. The number of hydrogen-bond donors (Lipinski definition) is 2. The molecule has 0 radical (unpaired) electrons. The first-order valence-electron chi connectivity index (χ1n) is 4.53. The first kappa shape index (κ1) is 13.1. The average molecular weight is 257 g/mol. The second kappa shape index (κ2) is 4.91. The largest absolute Gasteiger partial charge is 0.478 e. The maximum atomic E-state index is 11.4. The summed E-state index contributed by atoms with van der Waals surface area (Å²) in [6, 6.07) is 0. The molecule has 0 saturated carbocycles. The Kier molecular flexibility index (Phi) is 3.79. The Balaban J connectivity index is 2.61. The summed E-state index contributed by atoms with van der Waals surface area (Å²) >= 11 is 1.13. The molecule has 17 heavy (non-hydrogen) atoms. The zero-order chi connectivity index (χ0) is 13.1. The second-order valence-electron chi connectivity index (χ2n) is 3.58. The van der Waals surface area contributed by atoms with Crippen LogP contribution < -0.4 is 5.73 Å². The van der Waals surface area contributed by atoms with Crippen LogP contribution in [0.4, 0.5) is 5.13 Å². The minimum Gasteiger partial charge on any atom is -0.478 e. The van der Waals surface area contributed by atoms with Crippen molar-refractivity contribution in [2.24, 2.45) is 5.16 Å². The third-order valence-electron chi connectivity index (χ3n) is 1.74. The molecule has 0 bridgehead atoms. The van der Waals surface area contributed by atoms with Gasteiger partial charge in [-0.3, -0.25) is 4.79 Å². The molecular formula is C9H11N3O4S. The molecule has 1 aromatic rings. The van der Waals surface area contributed by atoms with Gasteiger partial charge >= 0.3 is 5.97 Å². The Hall–Kier alpha value is -1.96. The fraction of sp³-hybridized carbons (Fsp3) is 0.333. The van der Waals surface area contributed by atoms with E-state index >= 15 is 0 Å². The van der Waals surface area contributed by atoms with E-state index in [-0.39, 0.29) is 10.8 Å². The van der Waals surface area contributed by atoms with Gasteiger partial charge in [-0.2, -0.15) is 0 Å². The third-order valence-corrected chi connectivity index (χ3v) is 2.41. The summed E-state index contributed by atoms with van der Waals surface area (Å²) in [5.74, 6) is -1.68. The van der Waals surface area contributed by atoms with Gasteiger partial charge in [0.1, 0.15) is 11.9 Å². The lowest BCUT2D eigenvalue weighted by Gasteiger charge is -2.15. The van der Waals surface area contributed by atoms with Crippen molar-refractivity contribution in [2.75, 3.05) is 5.73 Å². The van der Waals surface area contributed by atoms with Gasteiger partial charge in [-0.15, -0.1) is 11.3 Å². The van der Waals surface area contributed by atoms with Crippen molar-refractivity contribution < 1.29 is 19.5 Å². The highest BCUT2D eigenvalue weighted by molar-refractivity contribution is 7.13. The lowest BCUT2D eigenvalue weighted by atomic mass is 10.1. The van der Waals surface area contributed by atoms with Crippen LogP contribution in [0.5, 0.6) is 0 Å². The van der Waals surface area contributed by atoms with Gasteiger partial charge < -0.3 is 15.7 Å². The Morgan fingerprint density at radius 2 is 2.29 bits per heavy atom. The van der Waals surface area contributed by atoms with E-state index in [1.54, 1.807) is 0 Å². The average Bonchev–Trinajstić information content (AvgIpc) is 2.64. The molecule has 0 unspecified atom stereocenters. The Labute approximate surface area is 101 Å². The number of aromatic nitrogens is 1. The van der Waals surface area contributed by atoms with Crippen molar-refractivity contribution in [1.82, 2.24) is 4.98 Å². The fourth-order valence-electron chi connectivity index (χ4n) is 0.712. The molecule has 0 aliphatic heterocycles. The van der Waals surface area contributed by atoms with E-state index in [9.17, 15) is 9.59 Å². The summed E-state index contributed by atoms with van der Waals surface area (Å²) in [5, 5.41) is 13.8. The summed E-state index contributed by atoms with van der Waals surface area (Å²) in [4.78, 5) is 30.5. The minimum absolute atomic E-state index is 0.146. The highest BCUT2D eigenvalue weighted by Gasteiger charge is 2.29. The van der Waals surface area contributed by atoms with Gasteiger partial charge in [-0.1, -0.05) is 5.16 Å². The number of aliphatic carboxylic acids is 1. The first-order chi connectivity index (χ1) is 7.83. The number of nitrogens with zero attached hydrogens (tertiary/aromatic N) is 2. The lowest BCUT2D eigenvalue weighted by molar-refractivity contribution is -0.161. The molecule has 0 aliphatic rings. The van der Waals surface area contributed by atoms with Crippen LogP contribution in [-0.2, 0) is 9.63 Å². The number of nitrogens with two attached hydrogens (primary N) is 1. The molecule has 0 atom stereocenters. The van der Waals surface area contributed by atoms with Crippen molar-refractivity contribution in [3.8, 4) is 0 Å². The second-order valence-corrected chi connectivity index (χ2v) is 4.47. The molecule has 1 heterocycles. The van der Waals surface area contributed by atoms with E-state index in [2.05, 4.69) is 15.0 Å². The van der Waals surface area contributed by atoms with Crippen LogP contribution in [0.3, 0.4) is 0 Å². The molecule has 0 aliphatic carbocycles. The number of carbonyl (C=O) groups excluding carboxylic acids is 1. The minimum atomic E-state index is -1.49. The van der Waals surface area contributed by atoms with Crippen molar-refractivity contribution in [1.29, 1.82) is 0 Å². The maximum absolute atomic E-state index is 11.4.